The summed E-state index contributed by atoms with van der Waals surface area (Å²) in [5.41, 5.74) is 8.07. The lowest BCUT2D eigenvalue weighted by atomic mass is 10.1. The van der Waals surface area contributed by atoms with E-state index >= 15 is 0 Å². The van der Waals surface area contributed by atoms with Gasteiger partial charge in [0.05, 0.1) is 0 Å². The molecular formula is C14H15FN4S. The number of nitrogens with zero attached hydrogens (tertiary/aromatic N) is 2. The third kappa shape index (κ3) is 3.71. The Labute approximate surface area is 122 Å². The summed E-state index contributed by atoms with van der Waals surface area (Å²) in [6.45, 7) is 2.54. The minimum absolute atomic E-state index is 0.216. The second-order valence-corrected chi connectivity index (χ2v) is 4.82. The molecule has 0 amide bonds. The van der Waals surface area contributed by atoms with E-state index in [1.807, 2.05) is 6.92 Å². The van der Waals surface area contributed by atoms with Crippen LogP contribution in [0.15, 0.2) is 30.5 Å². The molecule has 0 atom stereocenters. The number of halogens is 1. The van der Waals surface area contributed by atoms with Crippen LogP contribution in [0.3, 0.4) is 0 Å². The van der Waals surface area contributed by atoms with Gasteiger partial charge in [-0.1, -0.05) is 18.3 Å². The fraction of sp³-hybridized carbons (Fsp3) is 0.214. The average Bonchev–Trinajstić information content (AvgIpc) is 2.41. The SMILES string of the molecule is Cc1cc(F)ccc1CCNc1nccc(C(N)=S)n1. The first-order valence-corrected chi connectivity index (χ1v) is 6.59. The Hall–Kier alpha value is -2.08. The van der Waals surface area contributed by atoms with Crippen LogP contribution in [0.4, 0.5) is 10.3 Å². The molecule has 0 aliphatic heterocycles. The van der Waals surface area contributed by atoms with Gasteiger partial charge in [-0.05, 0) is 42.7 Å². The first-order valence-electron chi connectivity index (χ1n) is 6.18. The van der Waals surface area contributed by atoms with Gasteiger partial charge in [0.25, 0.3) is 0 Å². The van der Waals surface area contributed by atoms with E-state index in [0.717, 1.165) is 17.5 Å². The largest absolute Gasteiger partial charge is 0.388 e. The van der Waals surface area contributed by atoms with Crippen molar-refractivity contribution in [2.75, 3.05) is 11.9 Å². The summed E-state index contributed by atoms with van der Waals surface area (Å²) in [7, 11) is 0. The minimum atomic E-state index is -0.216. The zero-order valence-electron chi connectivity index (χ0n) is 11.1. The molecule has 0 radical (unpaired) electrons. The van der Waals surface area contributed by atoms with Crippen molar-refractivity contribution in [3.05, 3.63) is 53.1 Å². The van der Waals surface area contributed by atoms with Crippen molar-refractivity contribution in [3.8, 4) is 0 Å². The van der Waals surface area contributed by atoms with Crippen molar-refractivity contribution in [3.63, 3.8) is 0 Å². The Balaban J connectivity index is 1.96. The Kier molecular flexibility index (Phi) is 4.57. The Morgan fingerprint density at radius 3 is 2.90 bits per heavy atom. The van der Waals surface area contributed by atoms with E-state index in [2.05, 4.69) is 15.3 Å². The summed E-state index contributed by atoms with van der Waals surface area (Å²) >= 11 is 4.86. The molecule has 1 aromatic heterocycles. The van der Waals surface area contributed by atoms with Crippen LogP contribution in [0, 0.1) is 12.7 Å². The van der Waals surface area contributed by atoms with Gasteiger partial charge in [0.15, 0.2) is 0 Å². The normalized spacial score (nSPS) is 10.3. The quantitative estimate of drug-likeness (QED) is 0.827. The van der Waals surface area contributed by atoms with Gasteiger partial charge in [0.2, 0.25) is 5.95 Å². The standard InChI is InChI=1S/C14H15FN4S/c1-9-8-11(15)3-2-10(9)4-6-17-14-18-7-5-12(19-14)13(16)20/h2-3,5,7-8H,4,6H2,1H3,(H2,16,20)(H,17,18,19). The third-order valence-electron chi connectivity index (χ3n) is 2.89. The number of nitrogens with two attached hydrogens (primary N) is 1. The van der Waals surface area contributed by atoms with Crippen LogP contribution < -0.4 is 11.1 Å². The number of hydrogen-bond acceptors (Lipinski definition) is 4. The molecule has 2 aromatic rings. The predicted octanol–water partition coefficient (Wildman–Crippen LogP) is 2.21. The number of benzene rings is 1. The average molecular weight is 290 g/mol. The molecule has 0 aliphatic rings. The predicted molar refractivity (Wildman–Crippen MR) is 81.3 cm³/mol. The summed E-state index contributed by atoms with van der Waals surface area (Å²) in [4.78, 5) is 8.52. The fourth-order valence-electron chi connectivity index (χ4n) is 1.83. The molecule has 104 valence electrons. The zero-order chi connectivity index (χ0) is 14.5. The second kappa shape index (κ2) is 6.38. The maximum Gasteiger partial charge on any atom is 0.223 e. The van der Waals surface area contributed by atoms with Crippen LogP contribution in [-0.4, -0.2) is 21.5 Å². The summed E-state index contributed by atoms with van der Waals surface area (Å²) in [5.74, 6) is 0.266. The van der Waals surface area contributed by atoms with E-state index in [1.165, 1.54) is 12.1 Å². The van der Waals surface area contributed by atoms with Crippen molar-refractivity contribution in [1.29, 1.82) is 0 Å². The van der Waals surface area contributed by atoms with E-state index < -0.39 is 0 Å². The van der Waals surface area contributed by atoms with Crippen molar-refractivity contribution in [1.82, 2.24) is 9.97 Å². The number of nitrogens with one attached hydrogen (secondary N) is 1. The molecule has 1 heterocycles. The topological polar surface area (TPSA) is 63.8 Å². The lowest BCUT2D eigenvalue weighted by Gasteiger charge is -2.08. The van der Waals surface area contributed by atoms with Crippen LogP contribution in [0.5, 0.6) is 0 Å². The summed E-state index contributed by atoms with van der Waals surface area (Å²) in [6, 6.07) is 6.45. The molecule has 4 nitrogen and oxygen atoms in total. The highest BCUT2D eigenvalue weighted by Gasteiger charge is 2.03. The Morgan fingerprint density at radius 1 is 1.40 bits per heavy atom. The molecule has 2 rings (SSSR count). The maximum atomic E-state index is 13.0. The minimum Gasteiger partial charge on any atom is -0.388 e. The van der Waals surface area contributed by atoms with Gasteiger partial charge in [0, 0.05) is 12.7 Å². The number of anilines is 1. The van der Waals surface area contributed by atoms with Gasteiger partial charge < -0.3 is 11.1 Å². The number of rotatable bonds is 5. The first kappa shape index (κ1) is 14.3. The van der Waals surface area contributed by atoms with E-state index in [4.69, 9.17) is 18.0 Å². The van der Waals surface area contributed by atoms with Crippen LogP contribution in [0.2, 0.25) is 0 Å². The van der Waals surface area contributed by atoms with E-state index in [9.17, 15) is 4.39 Å². The van der Waals surface area contributed by atoms with E-state index in [0.29, 0.717) is 18.2 Å². The molecule has 1 aromatic carbocycles. The highest BCUT2D eigenvalue weighted by atomic mass is 32.1. The van der Waals surface area contributed by atoms with Gasteiger partial charge in [0.1, 0.15) is 16.5 Å². The molecule has 0 saturated heterocycles. The van der Waals surface area contributed by atoms with Gasteiger partial charge >= 0.3 is 0 Å². The maximum absolute atomic E-state index is 13.0. The van der Waals surface area contributed by atoms with E-state index in [-0.39, 0.29) is 10.8 Å². The monoisotopic (exact) mass is 290 g/mol. The van der Waals surface area contributed by atoms with Gasteiger partial charge in [-0.2, -0.15) is 0 Å². The smallest absolute Gasteiger partial charge is 0.223 e. The van der Waals surface area contributed by atoms with Crippen LogP contribution >= 0.6 is 12.2 Å². The van der Waals surface area contributed by atoms with E-state index in [1.54, 1.807) is 18.3 Å². The first-order chi connectivity index (χ1) is 9.56. The molecule has 0 aliphatic carbocycles. The Bertz CT molecular complexity index is 630. The van der Waals surface area contributed by atoms with Crippen molar-refractivity contribution in [2.24, 2.45) is 5.73 Å². The number of aryl methyl sites for hydroxylation is 1. The molecule has 20 heavy (non-hydrogen) atoms. The highest BCUT2D eigenvalue weighted by Crippen LogP contribution is 2.11. The molecule has 0 saturated carbocycles. The molecule has 0 spiro atoms. The Morgan fingerprint density at radius 2 is 2.20 bits per heavy atom. The van der Waals surface area contributed by atoms with Crippen LogP contribution in [0.25, 0.3) is 0 Å². The number of aromatic nitrogens is 2. The molecule has 6 heteroatoms. The van der Waals surface area contributed by atoms with Gasteiger partial charge in [-0.25, -0.2) is 14.4 Å². The lowest BCUT2D eigenvalue weighted by Crippen LogP contribution is -2.14. The molecule has 0 bridgehead atoms. The summed E-state index contributed by atoms with van der Waals surface area (Å²) in [5, 5.41) is 3.10. The van der Waals surface area contributed by atoms with Gasteiger partial charge in [-0.3, -0.25) is 0 Å². The molecule has 0 unspecified atom stereocenters. The highest BCUT2D eigenvalue weighted by molar-refractivity contribution is 7.80. The lowest BCUT2D eigenvalue weighted by molar-refractivity contribution is 0.625. The van der Waals surface area contributed by atoms with Crippen LogP contribution in [0.1, 0.15) is 16.8 Å². The number of thiocarbonyl (C=S) groups is 1. The van der Waals surface area contributed by atoms with Gasteiger partial charge in [-0.15, -0.1) is 0 Å². The fourth-order valence-corrected chi connectivity index (χ4v) is 1.94. The third-order valence-corrected chi connectivity index (χ3v) is 3.10. The van der Waals surface area contributed by atoms with Crippen LogP contribution in [-0.2, 0) is 6.42 Å². The van der Waals surface area contributed by atoms with Crippen molar-refractivity contribution >= 4 is 23.2 Å². The molecular weight excluding hydrogens is 275 g/mol. The number of hydrogen-bond donors (Lipinski definition) is 2. The summed E-state index contributed by atoms with van der Waals surface area (Å²) < 4.78 is 13.0. The zero-order valence-corrected chi connectivity index (χ0v) is 11.9. The second-order valence-electron chi connectivity index (χ2n) is 4.38. The summed E-state index contributed by atoms with van der Waals surface area (Å²) in [6.07, 6.45) is 2.36. The van der Waals surface area contributed by atoms with Crippen molar-refractivity contribution < 1.29 is 4.39 Å². The van der Waals surface area contributed by atoms with Crippen molar-refractivity contribution in [2.45, 2.75) is 13.3 Å². The molecule has 3 N–H and O–H groups in total. The molecule has 0 fully saturated rings.